The van der Waals surface area contributed by atoms with Gasteiger partial charge in [0.2, 0.25) is 5.82 Å². The zero-order chi connectivity index (χ0) is 27.8. The fourth-order valence-electron chi connectivity index (χ4n) is 5.94. The third kappa shape index (κ3) is 4.94. The number of hydrogen-bond acceptors (Lipinski definition) is 5. The van der Waals surface area contributed by atoms with Gasteiger partial charge < -0.3 is 9.13 Å². The lowest BCUT2D eigenvalue weighted by Gasteiger charge is -2.25. The van der Waals surface area contributed by atoms with Crippen molar-refractivity contribution in [1.82, 2.24) is 39.7 Å². The van der Waals surface area contributed by atoms with E-state index in [2.05, 4.69) is 92.3 Å². The molecule has 1 N–H and O–H groups in total. The van der Waals surface area contributed by atoms with Crippen molar-refractivity contribution in [1.29, 1.82) is 0 Å². The molecule has 0 saturated heterocycles. The number of fused-ring (bicyclic) bond motifs is 1. The van der Waals surface area contributed by atoms with E-state index in [1.165, 1.54) is 35.9 Å². The van der Waals surface area contributed by atoms with Crippen molar-refractivity contribution in [2.75, 3.05) is 0 Å². The highest BCUT2D eigenvalue weighted by Crippen LogP contribution is 2.32. The zero-order valence-electron chi connectivity index (χ0n) is 23.6. The maximum absolute atomic E-state index is 5.12. The van der Waals surface area contributed by atoms with E-state index in [0.717, 1.165) is 71.1 Å². The number of aromatic nitrogens is 8. The van der Waals surface area contributed by atoms with Crippen molar-refractivity contribution in [2.45, 2.75) is 59.0 Å². The minimum absolute atomic E-state index is 0.595. The summed E-state index contributed by atoms with van der Waals surface area (Å²) >= 11 is 0. The Morgan fingerprint density at radius 2 is 1.80 bits per heavy atom. The summed E-state index contributed by atoms with van der Waals surface area (Å²) in [6.45, 7) is 6.22. The van der Waals surface area contributed by atoms with Gasteiger partial charge in [-0.05, 0) is 71.7 Å². The second kappa shape index (κ2) is 10.8. The van der Waals surface area contributed by atoms with Crippen LogP contribution in [-0.4, -0.2) is 39.7 Å². The molecule has 0 radical (unpaired) electrons. The third-order valence-corrected chi connectivity index (χ3v) is 8.34. The summed E-state index contributed by atoms with van der Waals surface area (Å²) in [6.07, 6.45) is 10.2. The highest BCUT2D eigenvalue weighted by Gasteiger charge is 2.19. The molecule has 6 aromatic rings. The summed E-state index contributed by atoms with van der Waals surface area (Å²) in [6, 6.07) is 21.5. The highest BCUT2D eigenvalue weighted by molar-refractivity contribution is 5.85. The number of tetrazole rings is 1. The first-order valence-electron chi connectivity index (χ1n) is 14.6. The Morgan fingerprint density at radius 1 is 0.976 bits per heavy atom. The number of aromatic amines is 1. The van der Waals surface area contributed by atoms with Crippen LogP contribution in [0.4, 0.5) is 0 Å². The van der Waals surface area contributed by atoms with Gasteiger partial charge in [0.1, 0.15) is 5.82 Å². The number of nitrogens with zero attached hydrogens (tertiary/aromatic N) is 7. The summed E-state index contributed by atoms with van der Waals surface area (Å²) in [4.78, 5) is 9.90. The molecule has 3 aromatic carbocycles. The molecule has 1 saturated carbocycles. The van der Waals surface area contributed by atoms with E-state index < -0.39 is 0 Å². The molecule has 0 aliphatic heterocycles. The fraction of sp³-hybridized carbons (Fsp3) is 0.303. The fourth-order valence-corrected chi connectivity index (χ4v) is 5.94. The van der Waals surface area contributed by atoms with E-state index in [4.69, 9.17) is 9.97 Å². The number of benzene rings is 3. The topological polar surface area (TPSA) is 90.1 Å². The Balaban J connectivity index is 1.21. The van der Waals surface area contributed by atoms with E-state index in [0.29, 0.717) is 5.82 Å². The molecule has 8 nitrogen and oxygen atoms in total. The maximum atomic E-state index is 5.12. The predicted molar refractivity (Wildman–Crippen MR) is 161 cm³/mol. The lowest BCUT2D eigenvalue weighted by Crippen LogP contribution is -2.16. The molecule has 0 bridgehead atoms. The molecule has 0 spiro atoms. The van der Waals surface area contributed by atoms with Gasteiger partial charge in [-0.25, -0.2) is 9.97 Å². The lowest BCUT2D eigenvalue weighted by atomic mass is 9.85. The monoisotopic (exact) mass is 542 g/mol. The van der Waals surface area contributed by atoms with Crippen LogP contribution in [0.5, 0.6) is 0 Å². The number of nitrogens with one attached hydrogen (secondary N) is 1. The average molecular weight is 543 g/mol. The van der Waals surface area contributed by atoms with Gasteiger partial charge in [0.05, 0.1) is 23.1 Å². The van der Waals surface area contributed by atoms with Crippen LogP contribution in [0, 0.1) is 12.8 Å². The summed E-state index contributed by atoms with van der Waals surface area (Å²) in [7, 11) is 0. The van der Waals surface area contributed by atoms with E-state index in [-0.39, 0.29) is 0 Å². The van der Waals surface area contributed by atoms with Crippen LogP contribution >= 0.6 is 0 Å². The Morgan fingerprint density at radius 3 is 2.54 bits per heavy atom. The van der Waals surface area contributed by atoms with E-state index in [1.54, 1.807) is 0 Å². The van der Waals surface area contributed by atoms with Gasteiger partial charge >= 0.3 is 0 Å². The molecule has 1 aliphatic rings. The van der Waals surface area contributed by atoms with Crippen LogP contribution in [0.3, 0.4) is 0 Å². The molecule has 206 valence electrons. The van der Waals surface area contributed by atoms with Crippen LogP contribution in [-0.2, 0) is 19.5 Å². The third-order valence-electron chi connectivity index (χ3n) is 8.34. The summed E-state index contributed by atoms with van der Waals surface area (Å²) in [5.41, 5.74) is 10.0. The van der Waals surface area contributed by atoms with Crippen molar-refractivity contribution in [3.05, 3.63) is 90.1 Å². The van der Waals surface area contributed by atoms with Gasteiger partial charge in [-0.3, -0.25) is 0 Å². The number of imidazole rings is 2. The first kappa shape index (κ1) is 25.4. The van der Waals surface area contributed by atoms with Gasteiger partial charge in [0.25, 0.3) is 0 Å². The van der Waals surface area contributed by atoms with Gasteiger partial charge in [-0.2, -0.15) is 5.21 Å². The Hall–Kier alpha value is -4.59. The summed E-state index contributed by atoms with van der Waals surface area (Å²) in [5.74, 6) is 2.53. The average Bonchev–Trinajstić information content (AvgIpc) is 3.73. The Labute approximate surface area is 239 Å². The van der Waals surface area contributed by atoms with Gasteiger partial charge in [0, 0.05) is 36.8 Å². The number of H-pyrrole nitrogens is 1. The second-order valence-corrected chi connectivity index (χ2v) is 11.3. The quantitative estimate of drug-likeness (QED) is 0.216. The SMILES string of the molecule is CCCc1nc2c(C)cc(-c3cn(CC4CCC4)cn3)cc2n1Cc1ccc(-c2ccccc2-c2nn[nH]n2)cc1. The van der Waals surface area contributed by atoms with Crippen LogP contribution in [0.1, 0.15) is 49.6 Å². The van der Waals surface area contributed by atoms with Crippen molar-refractivity contribution in [2.24, 2.45) is 5.92 Å². The number of rotatable bonds is 9. The Kier molecular flexibility index (Phi) is 6.66. The molecule has 8 heteroatoms. The van der Waals surface area contributed by atoms with E-state index in [9.17, 15) is 0 Å². The molecule has 41 heavy (non-hydrogen) atoms. The van der Waals surface area contributed by atoms with Crippen LogP contribution < -0.4 is 0 Å². The van der Waals surface area contributed by atoms with Crippen molar-refractivity contribution in [3.63, 3.8) is 0 Å². The van der Waals surface area contributed by atoms with Gasteiger partial charge in [-0.15, -0.1) is 10.2 Å². The number of aryl methyl sites for hydroxylation is 2. The molecule has 1 aliphatic carbocycles. The second-order valence-electron chi connectivity index (χ2n) is 11.3. The van der Waals surface area contributed by atoms with Crippen LogP contribution in [0.2, 0.25) is 0 Å². The van der Waals surface area contributed by atoms with Gasteiger partial charge in [0.15, 0.2) is 0 Å². The van der Waals surface area contributed by atoms with Crippen LogP contribution in [0.25, 0.3) is 44.8 Å². The van der Waals surface area contributed by atoms with Crippen molar-refractivity contribution < 1.29 is 0 Å². The molecule has 0 atom stereocenters. The normalized spacial score (nSPS) is 13.6. The lowest BCUT2D eigenvalue weighted by molar-refractivity contribution is 0.276. The van der Waals surface area contributed by atoms with Gasteiger partial charge in [-0.1, -0.05) is 61.9 Å². The molecular weight excluding hydrogens is 508 g/mol. The molecule has 1 fully saturated rings. The standard InChI is InChI=1S/C33H34N8/c1-3-7-31-35-32-22(2)16-26(29-20-40(21-34-29)18-23-8-6-9-23)17-30(32)41(31)19-24-12-14-25(15-13-24)27-10-4-5-11-28(27)33-36-38-39-37-33/h4-5,10-17,20-21,23H,3,6-9,18-19H2,1-2H3,(H,36,37,38,39). The zero-order valence-corrected chi connectivity index (χ0v) is 23.6. The van der Waals surface area contributed by atoms with E-state index in [1.807, 2.05) is 24.5 Å². The van der Waals surface area contributed by atoms with Crippen molar-refractivity contribution >= 4 is 11.0 Å². The first-order chi connectivity index (χ1) is 20.2. The van der Waals surface area contributed by atoms with E-state index >= 15 is 0 Å². The maximum Gasteiger partial charge on any atom is 0.205 e. The summed E-state index contributed by atoms with van der Waals surface area (Å²) in [5, 5.41) is 14.7. The largest absolute Gasteiger partial charge is 0.337 e. The smallest absolute Gasteiger partial charge is 0.205 e. The molecule has 0 amide bonds. The molecule has 0 unspecified atom stereocenters. The molecular formula is C33H34N8. The highest BCUT2D eigenvalue weighted by atomic mass is 15.5. The Bertz CT molecular complexity index is 1790. The molecule has 7 rings (SSSR count). The van der Waals surface area contributed by atoms with Crippen molar-refractivity contribution in [3.8, 4) is 33.8 Å². The minimum atomic E-state index is 0.595. The summed E-state index contributed by atoms with van der Waals surface area (Å²) < 4.78 is 4.65. The number of hydrogen-bond donors (Lipinski definition) is 1. The van der Waals surface area contributed by atoms with Crippen LogP contribution in [0.15, 0.2) is 73.2 Å². The predicted octanol–water partition coefficient (Wildman–Crippen LogP) is 6.86. The molecule has 3 aromatic heterocycles. The first-order valence-corrected chi connectivity index (χ1v) is 14.6. The molecule has 3 heterocycles. The minimum Gasteiger partial charge on any atom is -0.337 e.